The summed E-state index contributed by atoms with van der Waals surface area (Å²) in [7, 11) is 0. The Kier molecular flexibility index (Phi) is 5.22. The van der Waals surface area contributed by atoms with Crippen LogP contribution in [0, 0.1) is 11.8 Å². The van der Waals surface area contributed by atoms with Crippen molar-refractivity contribution in [3.8, 4) is 0 Å². The highest BCUT2D eigenvalue weighted by Gasteiger charge is 2.36. The second kappa shape index (κ2) is 6.71. The highest BCUT2D eigenvalue weighted by Crippen LogP contribution is 2.28. The molecule has 0 unspecified atom stereocenters. The van der Waals surface area contributed by atoms with Gasteiger partial charge >= 0.3 is 0 Å². The minimum atomic E-state index is 0.104. The van der Waals surface area contributed by atoms with Crippen LogP contribution >= 0.6 is 0 Å². The van der Waals surface area contributed by atoms with E-state index in [9.17, 15) is 4.79 Å². The van der Waals surface area contributed by atoms with Crippen LogP contribution in [0.25, 0.3) is 0 Å². The molecule has 1 aliphatic heterocycles. The lowest BCUT2D eigenvalue weighted by atomic mass is 10.0. The Labute approximate surface area is 117 Å². The third-order valence-electron chi connectivity index (χ3n) is 4.89. The van der Waals surface area contributed by atoms with Crippen molar-refractivity contribution in [2.45, 2.75) is 45.6 Å². The molecule has 0 spiro atoms. The topological polar surface area (TPSA) is 49.6 Å². The first-order chi connectivity index (χ1) is 9.15. The Morgan fingerprint density at radius 1 is 1.26 bits per heavy atom. The maximum absolute atomic E-state index is 12.5. The smallest absolute Gasteiger partial charge is 0.227 e. The van der Waals surface area contributed by atoms with Gasteiger partial charge in [0.2, 0.25) is 5.91 Å². The highest BCUT2D eigenvalue weighted by molar-refractivity contribution is 5.80. The van der Waals surface area contributed by atoms with Crippen LogP contribution < -0.4 is 5.73 Å². The molecule has 0 aromatic carbocycles. The molecule has 2 fully saturated rings. The average molecular weight is 267 g/mol. The third-order valence-corrected chi connectivity index (χ3v) is 4.89. The van der Waals surface area contributed by atoms with Gasteiger partial charge in [-0.25, -0.2) is 0 Å². The molecule has 2 aliphatic rings. The first-order valence-electron chi connectivity index (χ1n) is 7.92. The molecule has 19 heavy (non-hydrogen) atoms. The normalized spacial score (nSPS) is 31.4. The zero-order chi connectivity index (χ0) is 13.8. The molecule has 4 heteroatoms. The van der Waals surface area contributed by atoms with E-state index in [0.717, 1.165) is 58.4 Å². The fraction of sp³-hybridized carbons (Fsp3) is 0.933. The molecule has 2 rings (SSSR count). The van der Waals surface area contributed by atoms with E-state index in [-0.39, 0.29) is 12.0 Å². The summed E-state index contributed by atoms with van der Waals surface area (Å²) in [6.45, 7) is 9.64. The van der Waals surface area contributed by atoms with Gasteiger partial charge in [-0.05, 0) is 38.3 Å². The Hall–Kier alpha value is -0.610. The average Bonchev–Trinajstić information content (AvgIpc) is 3.04. The van der Waals surface area contributed by atoms with Gasteiger partial charge < -0.3 is 15.5 Å². The van der Waals surface area contributed by atoms with E-state index >= 15 is 0 Å². The van der Waals surface area contributed by atoms with Crippen molar-refractivity contribution in [2.75, 3.05) is 32.7 Å². The summed E-state index contributed by atoms with van der Waals surface area (Å²) in [5.74, 6) is 1.08. The molecule has 1 aliphatic carbocycles. The lowest BCUT2D eigenvalue weighted by Crippen LogP contribution is -2.41. The Balaban J connectivity index is 1.82. The molecule has 3 atom stereocenters. The van der Waals surface area contributed by atoms with Crippen LogP contribution in [0.2, 0.25) is 0 Å². The molecule has 1 heterocycles. The van der Waals surface area contributed by atoms with Crippen molar-refractivity contribution in [3.63, 3.8) is 0 Å². The molecular formula is C15H29N3O. The summed E-state index contributed by atoms with van der Waals surface area (Å²) in [4.78, 5) is 17.0. The molecule has 0 radical (unpaired) electrons. The number of nitrogens with zero attached hydrogens (tertiary/aromatic N) is 2. The van der Waals surface area contributed by atoms with Crippen LogP contribution in [0.5, 0.6) is 0 Å². The van der Waals surface area contributed by atoms with Gasteiger partial charge in [0.1, 0.15) is 0 Å². The van der Waals surface area contributed by atoms with Gasteiger partial charge in [0.15, 0.2) is 0 Å². The molecule has 4 nitrogen and oxygen atoms in total. The highest BCUT2D eigenvalue weighted by atomic mass is 16.2. The summed E-state index contributed by atoms with van der Waals surface area (Å²) in [6, 6.07) is 0.106. The van der Waals surface area contributed by atoms with Crippen LogP contribution in [0.15, 0.2) is 0 Å². The first-order valence-corrected chi connectivity index (χ1v) is 7.92. The quantitative estimate of drug-likeness (QED) is 0.817. The lowest BCUT2D eigenvalue weighted by Gasteiger charge is -2.25. The SMILES string of the molecule is CCN(CC)C[C@@H]1CCN(C(=O)[C@@H]2CCC[C@H]2N)C1. The minimum Gasteiger partial charge on any atom is -0.342 e. The Morgan fingerprint density at radius 2 is 2.00 bits per heavy atom. The fourth-order valence-corrected chi connectivity index (χ4v) is 3.56. The molecule has 110 valence electrons. The van der Waals surface area contributed by atoms with Crippen molar-refractivity contribution < 1.29 is 4.79 Å². The van der Waals surface area contributed by atoms with E-state index in [1.165, 1.54) is 0 Å². The molecule has 1 saturated carbocycles. The Bertz CT molecular complexity index is 304. The molecule has 1 amide bonds. The van der Waals surface area contributed by atoms with Gasteiger partial charge in [-0.15, -0.1) is 0 Å². The molecular weight excluding hydrogens is 238 g/mol. The van der Waals surface area contributed by atoms with Crippen molar-refractivity contribution in [1.82, 2.24) is 9.80 Å². The van der Waals surface area contributed by atoms with E-state index < -0.39 is 0 Å². The van der Waals surface area contributed by atoms with Gasteiger partial charge in [-0.3, -0.25) is 4.79 Å². The maximum atomic E-state index is 12.5. The number of rotatable bonds is 5. The first kappa shape index (κ1) is 14.8. The predicted molar refractivity (Wildman–Crippen MR) is 77.8 cm³/mol. The zero-order valence-corrected chi connectivity index (χ0v) is 12.5. The van der Waals surface area contributed by atoms with Gasteiger partial charge in [-0.2, -0.15) is 0 Å². The molecule has 0 bridgehead atoms. The number of carbonyl (C=O) groups is 1. The van der Waals surface area contributed by atoms with Crippen LogP contribution in [-0.2, 0) is 4.79 Å². The van der Waals surface area contributed by atoms with Crippen molar-refractivity contribution in [1.29, 1.82) is 0 Å². The second-order valence-corrected chi connectivity index (χ2v) is 6.13. The van der Waals surface area contributed by atoms with Crippen molar-refractivity contribution in [2.24, 2.45) is 17.6 Å². The van der Waals surface area contributed by atoms with E-state index in [1.807, 2.05) is 0 Å². The summed E-state index contributed by atoms with van der Waals surface area (Å²) in [6.07, 6.45) is 4.29. The second-order valence-electron chi connectivity index (χ2n) is 6.13. The zero-order valence-electron chi connectivity index (χ0n) is 12.5. The van der Waals surface area contributed by atoms with E-state index in [4.69, 9.17) is 5.73 Å². The molecule has 1 saturated heterocycles. The van der Waals surface area contributed by atoms with Crippen LogP contribution in [0.1, 0.15) is 39.5 Å². The van der Waals surface area contributed by atoms with Crippen LogP contribution in [-0.4, -0.2) is 54.5 Å². The van der Waals surface area contributed by atoms with E-state index in [1.54, 1.807) is 0 Å². The van der Waals surface area contributed by atoms with E-state index in [2.05, 4.69) is 23.6 Å². The maximum Gasteiger partial charge on any atom is 0.227 e. The summed E-state index contributed by atoms with van der Waals surface area (Å²) in [5.41, 5.74) is 6.05. The van der Waals surface area contributed by atoms with Gasteiger partial charge in [0.05, 0.1) is 5.92 Å². The molecule has 0 aromatic heterocycles. The largest absolute Gasteiger partial charge is 0.342 e. The van der Waals surface area contributed by atoms with Crippen LogP contribution in [0.4, 0.5) is 0 Å². The number of nitrogens with two attached hydrogens (primary N) is 1. The van der Waals surface area contributed by atoms with Crippen LogP contribution in [0.3, 0.4) is 0 Å². The summed E-state index contributed by atoms with van der Waals surface area (Å²) < 4.78 is 0. The summed E-state index contributed by atoms with van der Waals surface area (Å²) >= 11 is 0. The van der Waals surface area contributed by atoms with E-state index in [0.29, 0.717) is 11.8 Å². The Morgan fingerprint density at radius 3 is 2.58 bits per heavy atom. The molecule has 2 N–H and O–H groups in total. The number of carbonyl (C=O) groups excluding carboxylic acids is 1. The standard InChI is InChI=1S/C15H29N3O/c1-3-17(4-2)10-12-8-9-18(11-12)15(19)13-6-5-7-14(13)16/h12-14H,3-11,16H2,1-2H3/t12-,13+,14+/m0/s1. The number of hydrogen-bond donors (Lipinski definition) is 1. The lowest BCUT2D eigenvalue weighted by molar-refractivity contribution is -0.134. The number of amides is 1. The van der Waals surface area contributed by atoms with Crippen molar-refractivity contribution in [3.05, 3.63) is 0 Å². The fourth-order valence-electron chi connectivity index (χ4n) is 3.56. The summed E-state index contributed by atoms with van der Waals surface area (Å²) in [5, 5.41) is 0. The number of hydrogen-bond acceptors (Lipinski definition) is 3. The van der Waals surface area contributed by atoms with Crippen molar-refractivity contribution >= 4 is 5.91 Å². The monoisotopic (exact) mass is 267 g/mol. The third kappa shape index (κ3) is 3.48. The van der Waals surface area contributed by atoms with Gasteiger partial charge in [0.25, 0.3) is 0 Å². The van der Waals surface area contributed by atoms with Gasteiger partial charge in [-0.1, -0.05) is 20.3 Å². The minimum absolute atomic E-state index is 0.104. The van der Waals surface area contributed by atoms with Gasteiger partial charge in [0, 0.05) is 25.7 Å². The predicted octanol–water partition coefficient (Wildman–Crippen LogP) is 1.30. The molecule has 0 aromatic rings. The number of likely N-dealkylation sites (tertiary alicyclic amines) is 1.